The summed E-state index contributed by atoms with van der Waals surface area (Å²) >= 11 is 0. The highest BCUT2D eigenvalue weighted by Crippen LogP contribution is 2.66. The number of carbonyl (C=O) groups excluding carboxylic acids is 3. The van der Waals surface area contributed by atoms with Crippen molar-refractivity contribution in [2.45, 2.75) is 271 Å². The van der Waals surface area contributed by atoms with Crippen LogP contribution in [-0.4, -0.2) is 173 Å². The van der Waals surface area contributed by atoms with E-state index in [2.05, 4.69) is 9.47 Å². The molecule has 104 heavy (non-hydrogen) atoms. The second kappa shape index (κ2) is 30.4. The molecule has 0 fully saturated rings. The van der Waals surface area contributed by atoms with Crippen molar-refractivity contribution < 1.29 is 252 Å². The Morgan fingerprint density at radius 1 is 0.192 bits per heavy atom. The van der Waals surface area contributed by atoms with Gasteiger partial charge in [0.15, 0.2) is 0 Å². The Bertz CT molecular complexity index is 2500. The summed E-state index contributed by atoms with van der Waals surface area (Å²) in [6.45, 7) is 0. The van der Waals surface area contributed by atoms with Gasteiger partial charge in [-0.15, -0.1) is 0 Å². The van der Waals surface area contributed by atoms with Crippen molar-refractivity contribution in [1.82, 2.24) is 0 Å². The van der Waals surface area contributed by atoms with Gasteiger partial charge in [-0.3, -0.25) is 14.4 Å². The van der Waals surface area contributed by atoms with Crippen LogP contribution in [0.5, 0.6) is 0 Å². The fourth-order valence-corrected chi connectivity index (χ4v) is 7.88. The molecule has 0 atom stereocenters. The Morgan fingerprint density at radius 2 is 0.337 bits per heavy atom. The molecule has 0 saturated heterocycles. The van der Waals surface area contributed by atoms with E-state index in [1.807, 2.05) is 0 Å². The maximum atomic E-state index is 14.6. The maximum Gasteiger partial charge on any atom is 0.460 e. The lowest BCUT2D eigenvalue weighted by atomic mass is 9.89. The van der Waals surface area contributed by atoms with E-state index in [0.717, 1.165) is 0 Å². The van der Waals surface area contributed by atoms with Crippen molar-refractivity contribution in [3.8, 4) is 0 Å². The SMILES string of the molecule is O=C(CCCCCC(=O)OC(CCC(F)(F)C(F)(F)C(F)(F)C(F)(F)C(F)(F)C(F)(F)F)CCC(F)(F)C(F)(F)C(F)(F)C(F)(F)C(F)(F)C(F)(F)F)CCCCCC(=O)OC(CCC(F)(F)C(F)(F)C(F)(F)C(F)(F)C(F)(F)C(F)(F)F)CCC(F)(F)C(F)(F)C(F)(F)C(F)(F)C(F)(F)C(F)(F)F. The number of rotatable bonds is 42. The summed E-state index contributed by atoms with van der Waals surface area (Å²) in [6.07, 6.45) is -74.4. The highest BCUT2D eigenvalue weighted by molar-refractivity contribution is 5.78. The minimum atomic E-state index is -8.65. The molecule has 0 aliphatic rings. The molecular formula is C47H38F52O5. The highest BCUT2D eigenvalue weighted by atomic mass is 19.5. The number of Topliss-reactive ketones (excluding diaryl/α,β-unsaturated/α-hetero) is 1. The van der Waals surface area contributed by atoms with E-state index >= 15 is 0 Å². The molecule has 0 spiro atoms. The molecule has 0 unspecified atom stereocenters. The molecule has 0 aliphatic heterocycles. The largest absolute Gasteiger partial charge is 0.462 e. The molecule has 0 aromatic rings. The van der Waals surface area contributed by atoms with E-state index in [0.29, 0.717) is 0 Å². The molecule has 0 radical (unpaired) electrons. The summed E-state index contributed by atoms with van der Waals surface area (Å²) in [5.74, 6) is -171. The fourth-order valence-electron chi connectivity index (χ4n) is 7.88. The quantitative estimate of drug-likeness (QED) is 0.0346. The van der Waals surface area contributed by atoms with Gasteiger partial charge in [0.1, 0.15) is 18.0 Å². The summed E-state index contributed by atoms with van der Waals surface area (Å²) in [6, 6.07) is 0. The molecule has 0 amide bonds. The molecule has 0 N–H and O–H groups in total. The second-order valence-electron chi connectivity index (χ2n) is 22.0. The maximum absolute atomic E-state index is 14.6. The van der Waals surface area contributed by atoms with Crippen LogP contribution in [0.25, 0.3) is 0 Å². The molecule has 0 saturated carbocycles. The minimum absolute atomic E-state index is 0.625. The number of esters is 2. The Hall–Kier alpha value is -5.03. The van der Waals surface area contributed by atoms with Gasteiger partial charge in [-0.1, -0.05) is 12.8 Å². The number of carbonyl (C=O) groups is 3. The lowest BCUT2D eigenvalue weighted by molar-refractivity contribution is -0.440. The van der Waals surface area contributed by atoms with Crippen molar-refractivity contribution in [2.75, 3.05) is 0 Å². The standard InChI is InChI=1S/C47H38F52O5/c48-24(49,28(56,57)32(64,65)36(72,73)40(80,81)44(88,89)90)15-11-20(12-16-25(50,51)29(58,59)33(66,67)37(74,75)41(82,83)45(91,92)93)103-22(101)9-5-1-3-7-19(100)8-4-2-6-10-23(102)104-21(13-17-26(52,53)30(60,61)34(68,69)38(76,77)42(84,85)46(94,95)96)14-18-27(54,55)31(62,63)35(70,71)39(78,79)43(86,87)47(97,98)99/h20-21H,1-18H2. The van der Waals surface area contributed by atoms with E-state index < -0.39 is 289 Å². The van der Waals surface area contributed by atoms with Gasteiger partial charge < -0.3 is 9.47 Å². The van der Waals surface area contributed by atoms with Crippen LogP contribution in [0.3, 0.4) is 0 Å². The fraction of sp³-hybridized carbons (Fsp3) is 0.936. The topological polar surface area (TPSA) is 69.7 Å². The predicted octanol–water partition coefficient (Wildman–Crippen LogP) is 22.4. The molecule has 0 heterocycles. The van der Waals surface area contributed by atoms with Gasteiger partial charge in [-0.05, 0) is 51.4 Å². The zero-order valence-electron chi connectivity index (χ0n) is 49.1. The summed E-state index contributed by atoms with van der Waals surface area (Å²) in [7, 11) is 0. The van der Waals surface area contributed by atoms with Gasteiger partial charge in [0.25, 0.3) is 0 Å². The number of ketones is 1. The van der Waals surface area contributed by atoms with Crippen molar-refractivity contribution in [1.29, 1.82) is 0 Å². The Balaban J connectivity index is 6.63. The summed E-state index contributed by atoms with van der Waals surface area (Å²) in [4.78, 5) is 37.2. The van der Waals surface area contributed by atoms with Gasteiger partial charge in [0.05, 0.1) is 0 Å². The van der Waals surface area contributed by atoms with Crippen molar-refractivity contribution in [3.05, 3.63) is 0 Å². The first-order chi connectivity index (χ1) is 45.0. The van der Waals surface area contributed by atoms with Gasteiger partial charge >= 0.3 is 155 Å². The molecule has 57 heteroatoms. The molecule has 620 valence electrons. The lowest BCUT2D eigenvalue weighted by Crippen LogP contribution is -2.70. The molecular weight excluding hydrogens is 1630 g/mol. The Kier molecular flexibility index (Phi) is 29.0. The van der Waals surface area contributed by atoms with Gasteiger partial charge in [-0.2, -0.15) is 228 Å². The third-order valence-corrected chi connectivity index (χ3v) is 14.4. The Labute approximate surface area is 541 Å². The van der Waals surface area contributed by atoms with Crippen LogP contribution in [0.15, 0.2) is 0 Å². The lowest BCUT2D eigenvalue weighted by Gasteiger charge is -2.40. The van der Waals surface area contributed by atoms with Crippen LogP contribution in [0.1, 0.15) is 116 Å². The van der Waals surface area contributed by atoms with Crippen molar-refractivity contribution in [3.63, 3.8) is 0 Å². The van der Waals surface area contributed by atoms with Crippen LogP contribution in [0.4, 0.5) is 228 Å². The zero-order chi connectivity index (χ0) is 84.0. The van der Waals surface area contributed by atoms with Gasteiger partial charge in [-0.25, -0.2) is 0 Å². The molecule has 0 bridgehead atoms. The van der Waals surface area contributed by atoms with Gasteiger partial charge in [0.2, 0.25) is 0 Å². The third-order valence-electron chi connectivity index (χ3n) is 14.4. The van der Waals surface area contributed by atoms with E-state index in [1.165, 1.54) is 0 Å². The summed E-state index contributed by atoms with van der Waals surface area (Å²) in [5, 5.41) is 0. The molecule has 0 rings (SSSR count). The van der Waals surface area contributed by atoms with Crippen molar-refractivity contribution >= 4 is 17.7 Å². The number of hydrogen-bond acceptors (Lipinski definition) is 5. The highest BCUT2D eigenvalue weighted by Gasteiger charge is 2.95. The van der Waals surface area contributed by atoms with Crippen molar-refractivity contribution in [2.24, 2.45) is 0 Å². The number of ether oxygens (including phenoxy) is 2. The number of alkyl halides is 52. The minimum Gasteiger partial charge on any atom is -0.462 e. The normalized spacial score (nSPS) is 15.9. The monoisotopic (exact) mass is 1670 g/mol. The Morgan fingerprint density at radius 3 is 0.490 bits per heavy atom. The van der Waals surface area contributed by atoms with E-state index in [1.54, 1.807) is 0 Å². The number of halogens is 52. The average molecular weight is 1670 g/mol. The van der Waals surface area contributed by atoms with Crippen LogP contribution in [-0.2, 0) is 23.9 Å². The van der Waals surface area contributed by atoms with E-state index in [9.17, 15) is 243 Å². The molecule has 0 aromatic heterocycles. The molecule has 0 aromatic carbocycles. The smallest absolute Gasteiger partial charge is 0.460 e. The first kappa shape index (κ1) is 99.0. The molecule has 0 aliphatic carbocycles. The number of hydrogen-bond donors (Lipinski definition) is 0. The first-order valence-electron chi connectivity index (χ1n) is 26.8. The van der Waals surface area contributed by atoms with Crippen LogP contribution in [0.2, 0.25) is 0 Å². The predicted molar refractivity (Wildman–Crippen MR) is 231 cm³/mol. The first-order valence-corrected chi connectivity index (χ1v) is 26.8. The zero-order valence-corrected chi connectivity index (χ0v) is 49.1. The average Bonchev–Trinajstić information content (AvgIpc) is 0.732. The van der Waals surface area contributed by atoms with Crippen LogP contribution in [0, 0.1) is 0 Å². The van der Waals surface area contributed by atoms with Crippen LogP contribution >= 0.6 is 0 Å². The molecule has 5 nitrogen and oxygen atoms in total. The summed E-state index contributed by atoms with van der Waals surface area (Å²) in [5.41, 5.74) is 0. The van der Waals surface area contributed by atoms with E-state index in [4.69, 9.17) is 0 Å². The van der Waals surface area contributed by atoms with Gasteiger partial charge in [0, 0.05) is 51.4 Å². The summed E-state index contributed by atoms with van der Waals surface area (Å²) < 4.78 is 717. The van der Waals surface area contributed by atoms with E-state index in [-0.39, 0.29) is 0 Å². The van der Waals surface area contributed by atoms with Crippen LogP contribution < -0.4 is 0 Å². The third kappa shape index (κ3) is 18.0. The number of unbranched alkanes of at least 4 members (excludes halogenated alkanes) is 4. The second-order valence-corrected chi connectivity index (χ2v) is 22.0.